The van der Waals surface area contributed by atoms with Crippen molar-refractivity contribution in [2.24, 2.45) is 0 Å². The number of aromatic nitrogens is 4. The van der Waals surface area contributed by atoms with Crippen LogP contribution in [0.3, 0.4) is 0 Å². The number of ether oxygens (including phenoxy) is 1. The molecule has 0 spiro atoms. The van der Waals surface area contributed by atoms with Crippen LogP contribution in [0.15, 0.2) is 128 Å². The van der Waals surface area contributed by atoms with Gasteiger partial charge in [-0.25, -0.2) is 0 Å². The Hall–Kier alpha value is -6.02. The molecule has 8 aromatic rings. The SMILES string of the molecule is Cc1cccc(C)c1-n1cnnc1-n1c2ccccc2c2ccc(Oc3cc(C(C)(C)C)cc([N+]45[CH-][N@+]4(c4cccc(C(C)(C)C)c4)c4ccc(C(C)(C)C)cc45)c3)cc21. The second-order valence-electron chi connectivity index (χ2n) is 20.1. The number of benzene rings is 6. The summed E-state index contributed by atoms with van der Waals surface area (Å²) in [4.78, 5) is 0. The van der Waals surface area contributed by atoms with E-state index in [0.717, 1.165) is 56.1 Å². The Balaban J connectivity index is 1.13. The molecular weight excluding hydrogens is 737 g/mol. The lowest BCUT2D eigenvalue weighted by Crippen LogP contribution is -2.47. The molecule has 2 atom stereocenters. The van der Waals surface area contributed by atoms with Crippen LogP contribution < -0.4 is 13.9 Å². The number of para-hydroxylation sites is 2. The third-order valence-corrected chi connectivity index (χ3v) is 12.9. The van der Waals surface area contributed by atoms with E-state index in [1.54, 1.807) is 0 Å². The molecule has 10 rings (SSSR count). The van der Waals surface area contributed by atoms with Gasteiger partial charge in [0.1, 0.15) is 17.8 Å². The fraction of sp³-hybridized carbons (Fsp3) is 0.264. The zero-order valence-electron chi connectivity index (χ0n) is 36.8. The number of rotatable bonds is 6. The summed E-state index contributed by atoms with van der Waals surface area (Å²) >= 11 is 0. The molecule has 0 bridgehead atoms. The van der Waals surface area contributed by atoms with Gasteiger partial charge in [0.2, 0.25) is 17.3 Å². The first-order valence-corrected chi connectivity index (χ1v) is 21.2. The predicted molar refractivity (Wildman–Crippen MR) is 248 cm³/mol. The molecule has 6 aromatic carbocycles. The first-order valence-electron chi connectivity index (χ1n) is 21.2. The summed E-state index contributed by atoms with van der Waals surface area (Å²) in [7, 11) is 0. The third-order valence-electron chi connectivity index (χ3n) is 12.9. The molecule has 0 amide bonds. The number of nitrogens with zero attached hydrogens (tertiary/aromatic N) is 6. The van der Waals surface area contributed by atoms with Crippen molar-refractivity contribution in [1.29, 1.82) is 0 Å². The summed E-state index contributed by atoms with van der Waals surface area (Å²) in [5, 5.41) is 11.5. The molecule has 1 fully saturated rings. The molecule has 0 N–H and O–H groups in total. The molecular formula is C53H55N6O+. The summed E-state index contributed by atoms with van der Waals surface area (Å²) in [6.45, 7) is 27.4. The Bertz CT molecular complexity index is 3020. The highest BCUT2D eigenvalue weighted by Gasteiger charge is 2.78. The lowest BCUT2D eigenvalue weighted by Gasteiger charge is -2.41. The van der Waals surface area contributed by atoms with Crippen molar-refractivity contribution >= 4 is 44.6 Å². The normalized spacial score (nSPS) is 18.6. The quantitative estimate of drug-likeness (QED) is 0.0957. The fourth-order valence-corrected chi connectivity index (χ4v) is 9.51. The first kappa shape index (κ1) is 38.2. The molecule has 1 unspecified atom stereocenters. The zero-order valence-corrected chi connectivity index (χ0v) is 36.8. The molecule has 60 heavy (non-hydrogen) atoms. The molecule has 0 saturated carbocycles. The van der Waals surface area contributed by atoms with E-state index in [1.165, 1.54) is 39.4 Å². The summed E-state index contributed by atoms with van der Waals surface area (Å²) in [6, 6.07) is 44.6. The van der Waals surface area contributed by atoms with Gasteiger partial charge in [-0.1, -0.05) is 117 Å². The van der Waals surface area contributed by atoms with Crippen LogP contribution in [0.25, 0.3) is 33.4 Å². The minimum Gasteiger partial charge on any atom is -0.457 e. The molecule has 2 aliphatic rings. The molecule has 0 aliphatic carbocycles. The highest BCUT2D eigenvalue weighted by atomic mass is 16.5. The van der Waals surface area contributed by atoms with Crippen LogP contribution in [-0.4, -0.2) is 19.3 Å². The van der Waals surface area contributed by atoms with Crippen LogP contribution in [0.2, 0.25) is 0 Å². The predicted octanol–water partition coefficient (Wildman–Crippen LogP) is 14.0. The van der Waals surface area contributed by atoms with Crippen LogP contribution in [0, 0.1) is 20.5 Å². The van der Waals surface area contributed by atoms with Gasteiger partial charge in [0.15, 0.2) is 18.0 Å². The van der Waals surface area contributed by atoms with Crippen molar-refractivity contribution in [3.05, 3.63) is 162 Å². The molecule has 2 aliphatic heterocycles. The largest absolute Gasteiger partial charge is 0.457 e. The van der Waals surface area contributed by atoms with Crippen molar-refractivity contribution in [3.63, 3.8) is 0 Å². The second-order valence-corrected chi connectivity index (χ2v) is 20.1. The van der Waals surface area contributed by atoms with Gasteiger partial charge in [-0.05, 0) is 82.2 Å². The summed E-state index contributed by atoms with van der Waals surface area (Å²) in [6.07, 6.45) is 1.82. The highest BCUT2D eigenvalue weighted by Crippen LogP contribution is 2.75. The average Bonchev–Trinajstić information content (AvgIpc) is 3.38. The van der Waals surface area contributed by atoms with Crippen LogP contribution in [0.4, 0.5) is 22.7 Å². The zero-order chi connectivity index (χ0) is 42.1. The maximum Gasteiger partial charge on any atom is 0.240 e. The van der Waals surface area contributed by atoms with Crippen molar-refractivity contribution in [2.45, 2.75) is 92.4 Å². The van der Waals surface area contributed by atoms with E-state index in [2.05, 4.69) is 218 Å². The van der Waals surface area contributed by atoms with Crippen molar-refractivity contribution in [1.82, 2.24) is 28.5 Å². The standard InChI is InChI=1S/C53H55N6O/c1-34-16-14-17-35(2)49(34)56-32-54-55-50(56)57-45-21-13-12-20-43(45)44-24-23-41(31-46(44)57)60-42-28-38(53(9,10)11)27-40(30-42)59-33-58(59,39-19-15-18-36(26-39)51(3,4)5)47-25-22-37(29-48(47)59)52(6,7)8/h12-33H,1-11H3/q+1/t58-,59?/m0/s1. The first-order chi connectivity index (χ1) is 28.4. The second kappa shape index (κ2) is 12.7. The van der Waals surface area contributed by atoms with Crippen molar-refractivity contribution in [3.8, 4) is 23.1 Å². The Morgan fingerprint density at radius 3 is 1.92 bits per heavy atom. The monoisotopic (exact) mass is 791 g/mol. The van der Waals surface area contributed by atoms with E-state index < -0.39 is 0 Å². The molecule has 1 saturated heterocycles. The van der Waals surface area contributed by atoms with E-state index in [1.807, 2.05) is 6.33 Å². The Labute approximate surface area is 354 Å². The molecule has 7 heteroatoms. The number of quaternary nitrogens is 2. The van der Waals surface area contributed by atoms with Gasteiger partial charge in [-0.2, -0.15) is 9.18 Å². The van der Waals surface area contributed by atoms with E-state index >= 15 is 0 Å². The summed E-state index contributed by atoms with van der Waals surface area (Å²) < 4.78 is 12.6. The average molecular weight is 792 g/mol. The van der Waals surface area contributed by atoms with Crippen LogP contribution in [0.5, 0.6) is 11.5 Å². The maximum absolute atomic E-state index is 7.05. The number of aryl methyl sites for hydroxylation is 2. The van der Waals surface area contributed by atoms with Crippen molar-refractivity contribution < 1.29 is 4.74 Å². The van der Waals surface area contributed by atoms with Gasteiger partial charge < -0.3 is 4.74 Å². The summed E-state index contributed by atoms with van der Waals surface area (Å²) in [5.74, 6) is 2.30. The molecule has 302 valence electrons. The van der Waals surface area contributed by atoms with Gasteiger partial charge in [0, 0.05) is 53.2 Å². The molecule has 7 nitrogen and oxygen atoms in total. The van der Waals surface area contributed by atoms with Gasteiger partial charge in [0.25, 0.3) is 0 Å². The summed E-state index contributed by atoms with van der Waals surface area (Å²) in [5.41, 5.74) is 14.4. The topological polar surface area (TPSA) is 44.9 Å². The molecule has 0 radical (unpaired) electrons. The Morgan fingerprint density at radius 2 is 1.18 bits per heavy atom. The van der Waals surface area contributed by atoms with Crippen LogP contribution >= 0.6 is 0 Å². The van der Waals surface area contributed by atoms with Crippen LogP contribution in [-0.2, 0) is 16.2 Å². The maximum atomic E-state index is 7.05. The smallest absolute Gasteiger partial charge is 0.240 e. The van der Waals surface area contributed by atoms with Crippen molar-refractivity contribution in [2.75, 3.05) is 0 Å². The Morgan fingerprint density at radius 1 is 0.533 bits per heavy atom. The lowest BCUT2D eigenvalue weighted by atomic mass is 9.85. The molecule has 2 aromatic heterocycles. The minimum atomic E-state index is -0.126. The highest BCUT2D eigenvalue weighted by molar-refractivity contribution is 6.09. The van der Waals surface area contributed by atoms with Gasteiger partial charge in [0.05, 0.1) is 16.7 Å². The lowest BCUT2D eigenvalue weighted by molar-refractivity contribution is 0.419. The van der Waals surface area contributed by atoms with Gasteiger partial charge in [-0.15, -0.1) is 10.2 Å². The number of hydrogen-bond acceptors (Lipinski definition) is 3. The minimum absolute atomic E-state index is 0.0149. The number of hydrogen-bond donors (Lipinski definition) is 0. The number of fused-ring (bicyclic) bond motifs is 7. The van der Waals surface area contributed by atoms with Gasteiger partial charge >= 0.3 is 0 Å². The third kappa shape index (κ3) is 5.55. The fourth-order valence-electron chi connectivity index (χ4n) is 9.51. The van der Waals surface area contributed by atoms with E-state index in [0.29, 0.717) is 9.18 Å². The van der Waals surface area contributed by atoms with Gasteiger partial charge in [-0.3, -0.25) is 9.13 Å². The van der Waals surface area contributed by atoms with E-state index in [9.17, 15) is 0 Å². The van der Waals surface area contributed by atoms with E-state index in [4.69, 9.17) is 9.84 Å². The van der Waals surface area contributed by atoms with Crippen LogP contribution in [0.1, 0.15) is 90.1 Å². The van der Waals surface area contributed by atoms with E-state index in [-0.39, 0.29) is 16.2 Å². The Kier molecular flexibility index (Phi) is 8.11. The molecule has 4 heterocycles.